The third kappa shape index (κ3) is 4.61. The van der Waals surface area contributed by atoms with Gasteiger partial charge in [0.25, 0.3) is 0 Å². The molecule has 2 nitrogen and oxygen atoms in total. The Morgan fingerprint density at radius 3 is 2.59 bits per heavy atom. The maximum Gasteiger partial charge on any atom is 0.134 e. The molecule has 0 aliphatic rings. The molecule has 94 valence electrons. The van der Waals surface area contributed by atoms with Crippen LogP contribution in [-0.4, -0.2) is 24.0 Å². The van der Waals surface area contributed by atoms with Gasteiger partial charge in [-0.25, -0.2) is 8.78 Å². The molecule has 0 heterocycles. The summed E-state index contributed by atoms with van der Waals surface area (Å²) in [5.41, 5.74) is 0.230. The summed E-state index contributed by atoms with van der Waals surface area (Å²) in [5, 5.41) is 9.10. The number of hydrogen-bond donors (Lipinski definition) is 1. The lowest BCUT2D eigenvalue weighted by Gasteiger charge is -2.11. The van der Waals surface area contributed by atoms with Crippen molar-refractivity contribution >= 4 is 6.21 Å². The molecule has 0 amide bonds. The zero-order valence-corrected chi connectivity index (χ0v) is 10.0. The van der Waals surface area contributed by atoms with Crippen LogP contribution in [0.1, 0.15) is 25.8 Å². The summed E-state index contributed by atoms with van der Waals surface area (Å²) in [4.78, 5) is 4.11. The average molecular weight is 241 g/mol. The molecule has 1 aromatic rings. The molecule has 0 saturated carbocycles. The van der Waals surface area contributed by atoms with Gasteiger partial charge in [-0.3, -0.25) is 4.99 Å². The second-order valence-corrected chi connectivity index (χ2v) is 4.41. The van der Waals surface area contributed by atoms with Crippen LogP contribution in [0.2, 0.25) is 0 Å². The minimum Gasteiger partial charge on any atom is -0.394 e. The van der Waals surface area contributed by atoms with E-state index in [1.54, 1.807) is 0 Å². The summed E-state index contributed by atoms with van der Waals surface area (Å²) in [6.45, 7) is 3.98. The van der Waals surface area contributed by atoms with Gasteiger partial charge < -0.3 is 5.11 Å². The second kappa shape index (κ2) is 6.45. The van der Waals surface area contributed by atoms with E-state index in [4.69, 9.17) is 5.11 Å². The van der Waals surface area contributed by atoms with E-state index in [2.05, 4.69) is 4.99 Å². The highest BCUT2D eigenvalue weighted by Crippen LogP contribution is 2.10. The van der Waals surface area contributed by atoms with Crippen molar-refractivity contribution in [3.63, 3.8) is 0 Å². The van der Waals surface area contributed by atoms with Gasteiger partial charge in [-0.05, 0) is 24.5 Å². The molecule has 1 rings (SSSR count). The maximum absolute atomic E-state index is 13.3. The van der Waals surface area contributed by atoms with Crippen LogP contribution in [0.5, 0.6) is 0 Å². The molecule has 1 aromatic carbocycles. The molecule has 0 unspecified atom stereocenters. The van der Waals surface area contributed by atoms with Gasteiger partial charge in [0.15, 0.2) is 0 Å². The van der Waals surface area contributed by atoms with E-state index >= 15 is 0 Å². The van der Waals surface area contributed by atoms with E-state index in [9.17, 15) is 8.78 Å². The SMILES string of the molecule is CC(C)C[C@@H](CO)N=Cc1ccc(F)cc1F. The number of hydrogen-bond acceptors (Lipinski definition) is 2. The van der Waals surface area contributed by atoms with Gasteiger partial charge in [0.1, 0.15) is 11.6 Å². The van der Waals surface area contributed by atoms with Gasteiger partial charge in [-0.2, -0.15) is 0 Å². The smallest absolute Gasteiger partial charge is 0.134 e. The number of aliphatic imine (C=N–C) groups is 1. The Labute approximate surface area is 100 Å². The highest BCUT2D eigenvalue weighted by molar-refractivity contribution is 5.80. The van der Waals surface area contributed by atoms with Crippen LogP contribution in [0.25, 0.3) is 0 Å². The lowest BCUT2D eigenvalue weighted by Crippen LogP contribution is -2.13. The molecule has 17 heavy (non-hydrogen) atoms. The molecular weight excluding hydrogens is 224 g/mol. The van der Waals surface area contributed by atoms with Crippen LogP contribution in [0, 0.1) is 17.6 Å². The first-order valence-corrected chi connectivity index (χ1v) is 5.62. The summed E-state index contributed by atoms with van der Waals surface area (Å²) in [5.74, 6) is -0.849. The zero-order chi connectivity index (χ0) is 12.8. The van der Waals surface area contributed by atoms with E-state index in [1.165, 1.54) is 18.3 Å². The average Bonchev–Trinajstić information content (AvgIpc) is 2.25. The number of rotatable bonds is 5. The fourth-order valence-corrected chi connectivity index (χ4v) is 1.52. The lowest BCUT2D eigenvalue weighted by molar-refractivity contribution is 0.251. The molecule has 0 aliphatic carbocycles. The maximum atomic E-state index is 13.3. The largest absolute Gasteiger partial charge is 0.394 e. The Kier molecular flexibility index (Phi) is 5.22. The number of nitrogens with zero attached hydrogens (tertiary/aromatic N) is 1. The summed E-state index contributed by atoms with van der Waals surface area (Å²) in [7, 11) is 0. The molecule has 0 radical (unpaired) electrons. The summed E-state index contributed by atoms with van der Waals surface area (Å²) < 4.78 is 25.9. The molecule has 0 spiro atoms. The van der Waals surface area contributed by atoms with Crippen LogP contribution in [-0.2, 0) is 0 Å². The van der Waals surface area contributed by atoms with Gasteiger partial charge in [0.2, 0.25) is 0 Å². The summed E-state index contributed by atoms with van der Waals surface area (Å²) >= 11 is 0. The number of benzene rings is 1. The molecule has 0 saturated heterocycles. The minimum atomic E-state index is -0.644. The van der Waals surface area contributed by atoms with Crippen LogP contribution in [0.15, 0.2) is 23.2 Å². The van der Waals surface area contributed by atoms with Crippen molar-refractivity contribution < 1.29 is 13.9 Å². The molecule has 1 N–H and O–H groups in total. The molecule has 4 heteroatoms. The first kappa shape index (κ1) is 13.8. The second-order valence-electron chi connectivity index (χ2n) is 4.41. The van der Waals surface area contributed by atoms with Crippen molar-refractivity contribution in [2.45, 2.75) is 26.3 Å². The third-order valence-electron chi connectivity index (χ3n) is 2.34. The Hall–Kier alpha value is -1.29. The summed E-state index contributed by atoms with van der Waals surface area (Å²) in [6, 6.07) is 3.09. The van der Waals surface area contributed by atoms with Gasteiger partial charge in [-0.1, -0.05) is 13.8 Å². The van der Waals surface area contributed by atoms with Crippen LogP contribution in [0.3, 0.4) is 0 Å². The summed E-state index contributed by atoms with van der Waals surface area (Å²) in [6.07, 6.45) is 2.08. The van der Waals surface area contributed by atoms with Crippen LogP contribution < -0.4 is 0 Å². The predicted molar refractivity (Wildman–Crippen MR) is 64.3 cm³/mol. The zero-order valence-electron chi connectivity index (χ0n) is 10.0. The van der Waals surface area contributed by atoms with Crippen LogP contribution >= 0.6 is 0 Å². The van der Waals surface area contributed by atoms with Gasteiger partial charge in [0.05, 0.1) is 12.6 Å². The fourth-order valence-electron chi connectivity index (χ4n) is 1.52. The lowest BCUT2D eigenvalue weighted by atomic mass is 10.1. The molecule has 0 bridgehead atoms. The normalized spacial score (nSPS) is 13.5. The van der Waals surface area contributed by atoms with Crippen molar-refractivity contribution in [3.8, 4) is 0 Å². The molecule has 0 aliphatic heterocycles. The fraction of sp³-hybridized carbons (Fsp3) is 0.462. The minimum absolute atomic E-state index is 0.0719. The van der Waals surface area contributed by atoms with E-state index in [-0.39, 0.29) is 18.2 Å². The molecular formula is C13H17F2NO. The number of aliphatic hydroxyl groups excluding tert-OH is 1. The van der Waals surface area contributed by atoms with Crippen molar-refractivity contribution in [3.05, 3.63) is 35.4 Å². The van der Waals surface area contributed by atoms with Crippen molar-refractivity contribution in [1.82, 2.24) is 0 Å². The Morgan fingerprint density at radius 2 is 2.06 bits per heavy atom. The van der Waals surface area contributed by atoms with E-state index in [0.717, 1.165) is 12.5 Å². The van der Waals surface area contributed by atoms with Gasteiger partial charge in [0, 0.05) is 17.8 Å². The molecule has 0 aromatic heterocycles. The standard InChI is InChI=1S/C13H17F2NO/c1-9(2)5-12(8-17)16-7-10-3-4-11(14)6-13(10)15/h3-4,6-7,9,12,17H,5,8H2,1-2H3/t12-/m0/s1. The van der Waals surface area contributed by atoms with E-state index in [0.29, 0.717) is 5.92 Å². The Morgan fingerprint density at radius 1 is 1.35 bits per heavy atom. The van der Waals surface area contributed by atoms with Crippen LogP contribution in [0.4, 0.5) is 8.78 Å². The van der Waals surface area contributed by atoms with Gasteiger partial charge in [-0.15, -0.1) is 0 Å². The topological polar surface area (TPSA) is 32.6 Å². The quantitative estimate of drug-likeness (QED) is 0.790. The van der Waals surface area contributed by atoms with Crippen molar-refractivity contribution in [2.75, 3.05) is 6.61 Å². The monoisotopic (exact) mass is 241 g/mol. The highest BCUT2D eigenvalue weighted by Gasteiger charge is 2.07. The number of aliphatic hydroxyl groups is 1. The molecule has 1 atom stereocenters. The van der Waals surface area contributed by atoms with Crippen molar-refractivity contribution in [1.29, 1.82) is 0 Å². The highest BCUT2D eigenvalue weighted by atomic mass is 19.1. The Balaban J connectivity index is 2.74. The first-order chi connectivity index (χ1) is 8.02. The predicted octanol–water partition coefficient (Wildman–Crippen LogP) is 2.79. The van der Waals surface area contributed by atoms with E-state index in [1.807, 2.05) is 13.8 Å². The van der Waals surface area contributed by atoms with Gasteiger partial charge >= 0.3 is 0 Å². The van der Waals surface area contributed by atoms with Crippen molar-refractivity contribution in [2.24, 2.45) is 10.9 Å². The van der Waals surface area contributed by atoms with E-state index < -0.39 is 11.6 Å². The number of halogens is 2. The first-order valence-electron chi connectivity index (χ1n) is 5.62. The molecule has 0 fully saturated rings. The third-order valence-corrected chi connectivity index (χ3v) is 2.34. The Bertz CT molecular complexity index is 391.